The molecule has 256 valence electrons. The highest BCUT2D eigenvalue weighted by Gasteiger charge is 2.41. The molecule has 12 nitrogen and oxygen atoms in total. The van der Waals surface area contributed by atoms with E-state index in [2.05, 4.69) is 18.4 Å². The minimum absolute atomic E-state index is 0.0649. The van der Waals surface area contributed by atoms with E-state index >= 15 is 0 Å². The first-order valence-electron chi connectivity index (χ1n) is 16.2. The maximum absolute atomic E-state index is 12.7. The molecular formula is C31H55O12P. The Bertz CT molecular complexity index is 904. The number of ether oxygens (including phenoxy) is 2. The number of phosphoric ester groups is 1. The van der Waals surface area contributed by atoms with Crippen molar-refractivity contribution >= 4 is 25.5 Å². The topological polar surface area (TPSA) is 197 Å². The van der Waals surface area contributed by atoms with Gasteiger partial charge in [-0.15, -0.1) is 0 Å². The second kappa shape index (κ2) is 22.8. The van der Waals surface area contributed by atoms with E-state index in [0.717, 1.165) is 44.9 Å². The van der Waals surface area contributed by atoms with Crippen LogP contribution in [0.2, 0.25) is 0 Å². The SMILES string of the molecule is CCCCCCCC(=O)OC[C@H](COP(=O)(O)O)OC(=O)CCCCC(=O)C[C@@H]1[C@@H](/C=C/[C@@H](O)CCCCC)[C@H](O)C[C@@H]1O. The summed E-state index contributed by atoms with van der Waals surface area (Å²) in [5.41, 5.74) is 0. The summed E-state index contributed by atoms with van der Waals surface area (Å²) in [6.45, 7) is 3.11. The molecule has 44 heavy (non-hydrogen) atoms. The van der Waals surface area contributed by atoms with Gasteiger partial charge in [0.2, 0.25) is 0 Å². The van der Waals surface area contributed by atoms with Crippen LogP contribution in [0.5, 0.6) is 0 Å². The number of carbonyl (C=O) groups is 3. The lowest BCUT2D eigenvalue weighted by molar-refractivity contribution is -0.161. The second-order valence-corrected chi connectivity index (χ2v) is 13.0. The Morgan fingerprint density at radius 3 is 2.14 bits per heavy atom. The number of ketones is 1. The lowest BCUT2D eigenvalue weighted by Gasteiger charge is -2.20. The third kappa shape index (κ3) is 19.0. The molecule has 0 unspecified atom stereocenters. The highest BCUT2D eigenvalue weighted by Crippen LogP contribution is 2.37. The van der Waals surface area contributed by atoms with Gasteiger partial charge in [-0.3, -0.25) is 18.9 Å². The molecule has 1 rings (SSSR count). The number of esters is 2. The minimum Gasteiger partial charge on any atom is -0.462 e. The molecule has 6 atom stereocenters. The predicted molar refractivity (Wildman–Crippen MR) is 163 cm³/mol. The van der Waals surface area contributed by atoms with Gasteiger partial charge in [0, 0.05) is 43.9 Å². The predicted octanol–water partition coefficient (Wildman–Crippen LogP) is 4.29. The number of rotatable bonds is 25. The molecule has 13 heteroatoms. The van der Waals surface area contributed by atoms with Crippen LogP contribution in [-0.4, -0.2) is 80.5 Å². The molecule has 0 amide bonds. The van der Waals surface area contributed by atoms with Crippen molar-refractivity contribution in [2.24, 2.45) is 11.8 Å². The second-order valence-electron chi connectivity index (χ2n) is 11.8. The molecule has 1 aliphatic carbocycles. The highest BCUT2D eigenvalue weighted by atomic mass is 31.2. The third-order valence-corrected chi connectivity index (χ3v) is 8.25. The van der Waals surface area contributed by atoms with Crippen LogP contribution in [0.25, 0.3) is 0 Å². The summed E-state index contributed by atoms with van der Waals surface area (Å²) >= 11 is 0. The molecule has 0 heterocycles. The summed E-state index contributed by atoms with van der Waals surface area (Å²) in [5, 5.41) is 31.0. The fourth-order valence-corrected chi connectivity index (χ4v) is 5.61. The zero-order valence-electron chi connectivity index (χ0n) is 26.4. The van der Waals surface area contributed by atoms with E-state index in [1.54, 1.807) is 12.2 Å². The average Bonchev–Trinajstić information content (AvgIpc) is 3.22. The Balaban J connectivity index is 2.48. The fraction of sp³-hybridized carbons (Fsp3) is 0.839. The number of phosphoric acid groups is 1. The molecule has 0 aromatic rings. The van der Waals surface area contributed by atoms with Crippen molar-refractivity contribution in [2.75, 3.05) is 13.2 Å². The van der Waals surface area contributed by atoms with Crippen LogP contribution < -0.4 is 0 Å². The first-order valence-corrected chi connectivity index (χ1v) is 17.7. The van der Waals surface area contributed by atoms with Crippen LogP contribution in [0.1, 0.15) is 117 Å². The Morgan fingerprint density at radius 2 is 1.45 bits per heavy atom. The zero-order chi connectivity index (χ0) is 33.0. The largest absolute Gasteiger partial charge is 0.469 e. The number of Topliss-reactive ketones (excluding diaryl/α,β-unsaturated/α-hetero) is 1. The van der Waals surface area contributed by atoms with E-state index in [9.17, 15) is 34.3 Å². The maximum Gasteiger partial charge on any atom is 0.469 e. The molecule has 0 radical (unpaired) electrons. The molecule has 1 saturated carbocycles. The van der Waals surface area contributed by atoms with Crippen LogP contribution in [0.3, 0.4) is 0 Å². The quantitative estimate of drug-likeness (QED) is 0.0407. The standard InChI is InChI=1S/C31H55O12P/c1-3-5-7-8-10-15-30(36)41-21-25(22-42-44(38,39)40)43-31(37)16-12-11-14-24(33)19-27-26(28(34)20-29(27)35)18-17-23(32)13-9-6-4-2/h17-18,23,25-29,32,34-35H,3-16,19-22H2,1-2H3,(H2,38,39,40)/b18-17+/t23-,25+,26+,27+,28+,29-/m0/s1. The molecule has 1 fully saturated rings. The van der Waals surface area contributed by atoms with Gasteiger partial charge in [0.15, 0.2) is 6.10 Å². The number of hydrogen-bond donors (Lipinski definition) is 5. The number of aliphatic hydroxyl groups excluding tert-OH is 3. The maximum atomic E-state index is 12.7. The molecule has 0 spiro atoms. The van der Waals surface area contributed by atoms with Crippen LogP contribution >= 0.6 is 7.82 Å². The number of unbranched alkanes of at least 4 members (excludes halogenated alkanes) is 7. The number of carbonyl (C=O) groups excluding carboxylic acids is 3. The van der Waals surface area contributed by atoms with Gasteiger partial charge in [-0.05, 0) is 25.7 Å². The summed E-state index contributed by atoms with van der Waals surface area (Å²) in [6.07, 6.45) is 9.31. The summed E-state index contributed by atoms with van der Waals surface area (Å²) in [7, 11) is -4.84. The molecule has 0 aliphatic heterocycles. The van der Waals surface area contributed by atoms with Gasteiger partial charge < -0.3 is 34.6 Å². The Labute approximate surface area is 261 Å². The van der Waals surface area contributed by atoms with Gasteiger partial charge in [0.25, 0.3) is 0 Å². The lowest BCUT2D eigenvalue weighted by atomic mass is 9.87. The zero-order valence-corrected chi connectivity index (χ0v) is 27.3. The number of hydrogen-bond acceptors (Lipinski definition) is 10. The molecule has 5 N–H and O–H groups in total. The van der Waals surface area contributed by atoms with Gasteiger partial charge in [0.1, 0.15) is 12.4 Å². The van der Waals surface area contributed by atoms with E-state index in [-0.39, 0.29) is 37.9 Å². The van der Waals surface area contributed by atoms with Crippen molar-refractivity contribution in [3.63, 3.8) is 0 Å². The van der Waals surface area contributed by atoms with E-state index in [1.807, 2.05) is 0 Å². The van der Waals surface area contributed by atoms with E-state index in [1.165, 1.54) is 0 Å². The minimum atomic E-state index is -4.84. The Morgan fingerprint density at radius 1 is 0.841 bits per heavy atom. The Hall–Kier alpha value is -1.66. The van der Waals surface area contributed by atoms with Crippen molar-refractivity contribution in [2.45, 2.75) is 141 Å². The van der Waals surface area contributed by atoms with Crippen LogP contribution in [0.15, 0.2) is 12.2 Å². The van der Waals surface area contributed by atoms with E-state index < -0.39 is 69.2 Å². The van der Waals surface area contributed by atoms with Crippen LogP contribution in [-0.2, 0) is 32.9 Å². The van der Waals surface area contributed by atoms with Gasteiger partial charge >= 0.3 is 19.8 Å². The van der Waals surface area contributed by atoms with Gasteiger partial charge in [0.05, 0.1) is 24.9 Å². The molecule has 0 bridgehead atoms. The van der Waals surface area contributed by atoms with Gasteiger partial charge in [-0.2, -0.15) is 0 Å². The number of aliphatic hydroxyl groups is 3. The van der Waals surface area contributed by atoms with Crippen molar-refractivity contribution in [1.82, 2.24) is 0 Å². The highest BCUT2D eigenvalue weighted by molar-refractivity contribution is 7.46. The summed E-state index contributed by atoms with van der Waals surface area (Å²) in [6, 6.07) is 0. The van der Waals surface area contributed by atoms with Crippen molar-refractivity contribution in [3.05, 3.63) is 12.2 Å². The van der Waals surface area contributed by atoms with Crippen molar-refractivity contribution in [3.8, 4) is 0 Å². The smallest absolute Gasteiger partial charge is 0.462 e. The fourth-order valence-electron chi connectivity index (χ4n) is 5.25. The molecule has 1 aliphatic rings. The molecule has 0 aromatic carbocycles. The van der Waals surface area contributed by atoms with E-state index in [0.29, 0.717) is 25.7 Å². The van der Waals surface area contributed by atoms with Crippen molar-refractivity contribution < 1.29 is 58.1 Å². The van der Waals surface area contributed by atoms with Crippen LogP contribution in [0.4, 0.5) is 0 Å². The first kappa shape index (κ1) is 40.4. The van der Waals surface area contributed by atoms with E-state index in [4.69, 9.17) is 19.3 Å². The summed E-state index contributed by atoms with van der Waals surface area (Å²) in [4.78, 5) is 55.0. The van der Waals surface area contributed by atoms with Gasteiger partial charge in [-0.1, -0.05) is 70.9 Å². The van der Waals surface area contributed by atoms with Crippen LogP contribution in [0, 0.1) is 11.8 Å². The summed E-state index contributed by atoms with van der Waals surface area (Å²) < 4.78 is 25.9. The third-order valence-electron chi connectivity index (χ3n) is 7.77. The molecule has 0 aromatic heterocycles. The summed E-state index contributed by atoms with van der Waals surface area (Å²) in [5.74, 6) is -2.21. The normalized spacial score (nSPS) is 21.8. The molecule has 0 saturated heterocycles. The average molecular weight is 651 g/mol. The van der Waals surface area contributed by atoms with Crippen molar-refractivity contribution in [1.29, 1.82) is 0 Å². The lowest BCUT2D eigenvalue weighted by Crippen LogP contribution is -2.29. The molecular weight excluding hydrogens is 595 g/mol. The Kier molecular flexibility index (Phi) is 20.9. The monoisotopic (exact) mass is 650 g/mol. The first-order chi connectivity index (χ1) is 20.9. The van der Waals surface area contributed by atoms with Gasteiger partial charge in [-0.25, -0.2) is 4.57 Å².